The van der Waals surface area contributed by atoms with E-state index in [0.717, 1.165) is 42.1 Å². The van der Waals surface area contributed by atoms with Crippen molar-refractivity contribution in [3.05, 3.63) is 23.0 Å². The fourth-order valence-electron chi connectivity index (χ4n) is 2.75. The fraction of sp³-hybridized carbons (Fsp3) is 0.500. The van der Waals surface area contributed by atoms with Gasteiger partial charge in [0.15, 0.2) is 0 Å². The van der Waals surface area contributed by atoms with Crippen LogP contribution in [0.15, 0.2) is 6.07 Å². The second kappa shape index (κ2) is 5.75. The maximum atomic E-state index is 11.1. The smallest absolute Gasteiger partial charge is 0.217 e. The van der Waals surface area contributed by atoms with E-state index in [-0.39, 0.29) is 11.9 Å². The zero-order valence-corrected chi connectivity index (χ0v) is 12.9. The predicted molar refractivity (Wildman–Crippen MR) is 84.0 cm³/mol. The third kappa shape index (κ3) is 3.07. The molecule has 1 unspecified atom stereocenters. The summed E-state index contributed by atoms with van der Waals surface area (Å²) >= 11 is 5.16. The number of carbonyl (C=O) groups is 1. The Morgan fingerprint density at radius 3 is 2.85 bits per heavy atom. The number of pyridine rings is 1. The number of nitrogens with two attached hydrogens (primary N) is 1. The van der Waals surface area contributed by atoms with Crippen LogP contribution in [0, 0.1) is 13.8 Å². The first-order valence-corrected chi connectivity index (χ1v) is 7.09. The second-order valence-corrected chi connectivity index (χ2v) is 5.68. The molecule has 1 aromatic heterocycles. The van der Waals surface area contributed by atoms with Crippen LogP contribution in [0.4, 0.5) is 5.69 Å². The summed E-state index contributed by atoms with van der Waals surface area (Å²) in [5.41, 5.74) is 9.51. The fourth-order valence-corrected chi connectivity index (χ4v) is 3.00. The summed E-state index contributed by atoms with van der Waals surface area (Å²) in [6, 6.07) is 2.19. The Morgan fingerprint density at radius 1 is 1.55 bits per heavy atom. The zero-order chi connectivity index (χ0) is 14.9. The van der Waals surface area contributed by atoms with E-state index < -0.39 is 0 Å². The van der Waals surface area contributed by atoms with Gasteiger partial charge in [0.1, 0.15) is 4.99 Å². The lowest BCUT2D eigenvalue weighted by atomic mass is 10.1. The van der Waals surface area contributed by atoms with E-state index in [4.69, 9.17) is 18.0 Å². The Labute approximate surface area is 124 Å². The van der Waals surface area contributed by atoms with Crippen molar-refractivity contribution in [1.82, 2.24) is 10.3 Å². The van der Waals surface area contributed by atoms with E-state index in [0.29, 0.717) is 4.99 Å². The number of nitrogens with one attached hydrogen (secondary N) is 1. The van der Waals surface area contributed by atoms with Gasteiger partial charge in [-0.15, -0.1) is 0 Å². The number of nitrogens with zero attached hydrogens (tertiary/aromatic N) is 2. The lowest BCUT2D eigenvalue weighted by Crippen LogP contribution is -2.36. The quantitative estimate of drug-likeness (QED) is 0.815. The topological polar surface area (TPSA) is 71.2 Å². The first-order chi connectivity index (χ1) is 9.38. The number of carbonyl (C=O) groups excluding carboxylic acids is 1. The van der Waals surface area contributed by atoms with E-state index in [1.807, 2.05) is 19.9 Å². The highest BCUT2D eigenvalue weighted by Gasteiger charge is 2.26. The maximum Gasteiger partial charge on any atom is 0.217 e. The summed E-state index contributed by atoms with van der Waals surface area (Å²) in [6.07, 6.45) is 0.927. The van der Waals surface area contributed by atoms with E-state index in [1.165, 1.54) is 0 Å². The van der Waals surface area contributed by atoms with Crippen LogP contribution >= 0.6 is 12.2 Å². The molecule has 3 N–H and O–H groups in total. The Balaban J connectivity index is 2.29. The van der Waals surface area contributed by atoms with Crippen LogP contribution in [-0.2, 0) is 4.79 Å². The summed E-state index contributed by atoms with van der Waals surface area (Å²) < 4.78 is 0. The highest BCUT2D eigenvalue weighted by molar-refractivity contribution is 7.80. The van der Waals surface area contributed by atoms with Gasteiger partial charge in [-0.2, -0.15) is 0 Å². The Hall–Kier alpha value is -1.69. The number of hydrogen-bond acceptors (Lipinski definition) is 4. The minimum atomic E-state index is 0.00788. The van der Waals surface area contributed by atoms with Gasteiger partial charge in [-0.1, -0.05) is 12.2 Å². The van der Waals surface area contributed by atoms with Gasteiger partial charge < -0.3 is 16.0 Å². The number of hydrogen-bond donors (Lipinski definition) is 2. The monoisotopic (exact) mass is 292 g/mol. The summed E-state index contributed by atoms with van der Waals surface area (Å²) in [7, 11) is 0. The summed E-state index contributed by atoms with van der Waals surface area (Å²) in [4.78, 5) is 18.2. The molecular formula is C14H20N4OS. The van der Waals surface area contributed by atoms with E-state index >= 15 is 0 Å². The van der Waals surface area contributed by atoms with Crippen LogP contribution in [0.1, 0.15) is 30.3 Å². The van der Waals surface area contributed by atoms with Gasteiger partial charge in [-0.25, -0.2) is 0 Å². The second-order valence-electron chi connectivity index (χ2n) is 5.24. The highest BCUT2D eigenvalue weighted by atomic mass is 32.1. The van der Waals surface area contributed by atoms with Crippen LogP contribution in [-0.4, -0.2) is 35.0 Å². The molecule has 1 aliphatic heterocycles. The van der Waals surface area contributed by atoms with Gasteiger partial charge >= 0.3 is 0 Å². The van der Waals surface area contributed by atoms with E-state index in [1.54, 1.807) is 6.92 Å². The molecule has 20 heavy (non-hydrogen) atoms. The maximum absolute atomic E-state index is 11.1. The molecule has 0 aliphatic carbocycles. The summed E-state index contributed by atoms with van der Waals surface area (Å²) in [6.45, 7) is 7.08. The normalized spacial score (nSPS) is 18.1. The van der Waals surface area contributed by atoms with Crippen molar-refractivity contribution in [3.63, 3.8) is 0 Å². The average molecular weight is 292 g/mol. The van der Waals surface area contributed by atoms with Crippen molar-refractivity contribution < 1.29 is 4.79 Å². The molecule has 2 rings (SSSR count). The molecule has 6 heteroatoms. The first-order valence-electron chi connectivity index (χ1n) is 6.68. The third-order valence-corrected chi connectivity index (χ3v) is 3.69. The molecule has 0 radical (unpaired) electrons. The number of amides is 1. The molecule has 1 saturated heterocycles. The molecule has 2 heterocycles. The number of thiocarbonyl (C=S) groups is 1. The molecule has 1 aromatic rings. The minimum absolute atomic E-state index is 0.00788. The molecule has 108 valence electrons. The van der Waals surface area contributed by atoms with Gasteiger partial charge in [-0.3, -0.25) is 9.78 Å². The van der Waals surface area contributed by atoms with Crippen LogP contribution in [0.25, 0.3) is 0 Å². The summed E-state index contributed by atoms with van der Waals surface area (Å²) in [5, 5.41) is 2.96. The number of rotatable bonds is 3. The molecule has 1 fully saturated rings. The lowest BCUT2D eigenvalue weighted by molar-refractivity contribution is -0.119. The van der Waals surface area contributed by atoms with Gasteiger partial charge in [-0.05, 0) is 26.3 Å². The van der Waals surface area contributed by atoms with Crippen molar-refractivity contribution >= 4 is 28.8 Å². The molecule has 1 amide bonds. The van der Waals surface area contributed by atoms with Crippen LogP contribution < -0.4 is 16.0 Å². The minimum Gasteiger partial charge on any atom is -0.389 e. The lowest BCUT2D eigenvalue weighted by Gasteiger charge is -2.23. The third-order valence-electron chi connectivity index (χ3n) is 3.49. The molecule has 1 atom stereocenters. The van der Waals surface area contributed by atoms with Gasteiger partial charge in [0.25, 0.3) is 0 Å². The SMILES string of the molecule is CC(=O)NC1CCN(c2cc(C)nc(C)c2C(N)=S)C1. The summed E-state index contributed by atoms with van der Waals surface area (Å²) in [5.74, 6) is 0.00788. The Kier molecular flexibility index (Phi) is 4.23. The zero-order valence-electron chi connectivity index (χ0n) is 12.1. The van der Waals surface area contributed by atoms with Crippen molar-refractivity contribution in [1.29, 1.82) is 0 Å². The highest BCUT2D eigenvalue weighted by Crippen LogP contribution is 2.27. The Morgan fingerprint density at radius 2 is 2.25 bits per heavy atom. The van der Waals surface area contributed by atoms with Crippen LogP contribution in [0.5, 0.6) is 0 Å². The number of aryl methyl sites for hydroxylation is 2. The van der Waals surface area contributed by atoms with Crippen LogP contribution in [0.3, 0.4) is 0 Å². The standard InChI is InChI=1S/C14H20N4OS/c1-8-6-12(13(14(15)20)9(2)16-8)18-5-4-11(7-18)17-10(3)19/h6,11H,4-5,7H2,1-3H3,(H2,15,20)(H,17,19). The van der Waals surface area contributed by atoms with Crippen molar-refractivity contribution in [2.45, 2.75) is 33.2 Å². The van der Waals surface area contributed by atoms with Crippen molar-refractivity contribution in [3.8, 4) is 0 Å². The van der Waals surface area contributed by atoms with Gasteiger partial charge in [0.2, 0.25) is 5.91 Å². The molecule has 5 nitrogen and oxygen atoms in total. The molecule has 0 aromatic carbocycles. The van der Waals surface area contributed by atoms with E-state index in [2.05, 4.69) is 15.2 Å². The number of anilines is 1. The average Bonchev–Trinajstić information content (AvgIpc) is 2.74. The predicted octanol–water partition coefficient (Wildman–Crippen LogP) is 1.05. The molecule has 1 aliphatic rings. The largest absolute Gasteiger partial charge is 0.389 e. The first kappa shape index (κ1) is 14.7. The van der Waals surface area contributed by atoms with E-state index in [9.17, 15) is 4.79 Å². The van der Waals surface area contributed by atoms with Crippen LogP contribution in [0.2, 0.25) is 0 Å². The van der Waals surface area contributed by atoms with Crippen molar-refractivity contribution in [2.75, 3.05) is 18.0 Å². The Bertz CT molecular complexity index is 558. The molecule has 0 saturated carbocycles. The molecule has 0 spiro atoms. The van der Waals surface area contributed by atoms with Gasteiger partial charge in [0.05, 0.1) is 11.3 Å². The molecular weight excluding hydrogens is 272 g/mol. The van der Waals surface area contributed by atoms with Crippen molar-refractivity contribution in [2.24, 2.45) is 5.73 Å². The molecule has 0 bridgehead atoms. The van der Waals surface area contributed by atoms with Gasteiger partial charge in [0, 0.05) is 37.4 Å². The number of aromatic nitrogens is 1.